The van der Waals surface area contributed by atoms with Gasteiger partial charge in [-0.05, 0) is 106 Å². The number of rotatable bonds is 3. The van der Waals surface area contributed by atoms with E-state index in [1.54, 1.807) is 0 Å². The maximum atomic E-state index is 12.7. The van der Waals surface area contributed by atoms with Crippen LogP contribution in [-0.4, -0.2) is 46.4 Å². The van der Waals surface area contributed by atoms with Crippen molar-refractivity contribution in [1.29, 1.82) is 0 Å². The first kappa shape index (κ1) is 36.6. The Morgan fingerprint density at radius 1 is 0.922 bits per heavy atom. The molecule has 272 valence electrons. The first-order valence-electron chi connectivity index (χ1n) is 17.2. The second kappa shape index (κ2) is 13.8. The highest BCUT2D eigenvalue weighted by Crippen LogP contribution is 2.62. The number of carbonyl (C=O) groups is 3. The second-order valence-electron chi connectivity index (χ2n) is 14.2. The normalized spacial score (nSPS) is 24.1. The van der Waals surface area contributed by atoms with Gasteiger partial charge < -0.3 is 34.3 Å². The summed E-state index contributed by atoms with van der Waals surface area (Å²) >= 11 is 12.2. The molecule has 2 saturated carbocycles. The highest BCUT2D eigenvalue weighted by atomic mass is 35.5. The minimum atomic E-state index is -0.835. The van der Waals surface area contributed by atoms with Crippen LogP contribution in [0.5, 0.6) is 34.5 Å². The number of hydrogen-bond acceptors (Lipinski definition) is 10. The monoisotopic (exact) mass is 740 g/mol. The van der Waals surface area contributed by atoms with Crippen molar-refractivity contribution in [3.63, 3.8) is 0 Å². The molecule has 1 heterocycles. The average molecular weight is 742 g/mol. The van der Waals surface area contributed by atoms with Crippen molar-refractivity contribution in [2.75, 3.05) is 7.11 Å². The fraction of sp³-hybridized carbons (Fsp3) is 0.462. The Bertz CT molecular complexity index is 1960. The summed E-state index contributed by atoms with van der Waals surface area (Å²) in [4.78, 5) is 36.6. The molecule has 1 aliphatic heterocycles. The lowest BCUT2D eigenvalue weighted by molar-refractivity contribution is -0.157. The van der Waals surface area contributed by atoms with E-state index in [2.05, 4.69) is 13.0 Å². The fourth-order valence-corrected chi connectivity index (χ4v) is 9.30. The molecule has 10 nitrogen and oxygen atoms in total. The van der Waals surface area contributed by atoms with E-state index in [0.29, 0.717) is 29.9 Å². The van der Waals surface area contributed by atoms with Crippen LogP contribution in [0.4, 0.5) is 0 Å². The SMILES string of the molecule is CCC(=O)OC1CCC2C3CCc4cc(O)ccc4C3CCC12C.COC(=O)c1c(C)c2c(c(C)c1O)OC(=O)c1c(C)c(Cl)c(O)c(Cl)c1O2. The maximum absolute atomic E-state index is 12.7. The number of esters is 3. The molecule has 0 bridgehead atoms. The van der Waals surface area contributed by atoms with Crippen molar-refractivity contribution >= 4 is 41.1 Å². The smallest absolute Gasteiger partial charge is 0.347 e. The van der Waals surface area contributed by atoms with Gasteiger partial charge >= 0.3 is 17.9 Å². The van der Waals surface area contributed by atoms with E-state index in [-0.39, 0.29) is 72.6 Å². The lowest BCUT2D eigenvalue weighted by Crippen LogP contribution is -2.45. The number of methoxy groups -OCH3 is 1. The minimum absolute atomic E-state index is 0.0131. The molecule has 0 aromatic heterocycles. The van der Waals surface area contributed by atoms with Gasteiger partial charge in [-0.25, -0.2) is 9.59 Å². The van der Waals surface area contributed by atoms with E-state index in [1.807, 2.05) is 19.1 Å². The standard InChI is InChI=1S/C21H28O3.C18H14Cl2O7/c1-3-20(23)24-19-9-8-18-17-6-4-13-12-14(22)5-7-15(13)16(17)10-11-21(18,19)2;1-5-9-16(11(20)13(22)10(5)19)26-14-6(2)8(17(23)25-4)12(21)7(3)15(14)27-18(9)24/h5,7,12,16-19,22H,3-4,6,8-11H2,1-2H3;21-22H,1-4H3. The summed E-state index contributed by atoms with van der Waals surface area (Å²) in [5.74, 6) is -0.416. The highest BCUT2D eigenvalue weighted by molar-refractivity contribution is 6.39. The molecule has 0 amide bonds. The van der Waals surface area contributed by atoms with E-state index in [1.165, 1.54) is 58.3 Å². The third kappa shape index (κ3) is 6.04. The second-order valence-corrected chi connectivity index (χ2v) is 14.9. The number of phenols is 3. The molecular formula is C39H42Cl2O10. The molecular weight excluding hydrogens is 699 g/mol. The third-order valence-electron chi connectivity index (χ3n) is 11.6. The first-order chi connectivity index (χ1) is 24.1. The Hall–Kier alpha value is -4.15. The van der Waals surface area contributed by atoms with Gasteiger partial charge in [-0.1, -0.05) is 43.1 Å². The number of carbonyl (C=O) groups excluding carboxylic acids is 3. The van der Waals surface area contributed by atoms with Gasteiger partial charge in [-0.3, -0.25) is 4.79 Å². The van der Waals surface area contributed by atoms with Crippen LogP contribution in [-0.2, 0) is 20.7 Å². The molecule has 5 atom stereocenters. The quantitative estimate of drug-likeness (QED) is 0.175. The molecule has 0 spiro atoms. The van der Waals surface area contributed by atoms with Crippen LogP contribution in [0.3, 0.4) is 0 Å². The van der Waals surface area contributed by atoms with Crippen LogP contribution in [0, 0.1) is 38.0 Å². The van der Waals surface area contributed by atoms with Gasteiger partial charge in [0.2, 0.25) is 0 Å². The van der Waals surface area contributed by atoms with Gasteiger partial charge in [0.05, 0.1) is 12.1 Å². The van der Waals surface area contributed by atoms with Gasteiger partial charge in [-0.15, -0.1) is 0 Å². The van der Waals surface area contributed by atoms with Gasteiger partial charge in [0, 0.05) is 23.0 Å². The average Bonchev–Trinajstić information content (AvgIpc) is 3.35. The summed E-state index contributed by atoms with van der Waals surface area (Å²) in [6, 6.07) is 5.95. The molecule has 4 aliphatic rings. The first-order valence-corrected chi connectivity index (χ1v) is 18.0. The summed E-state index contributed by atoms with van der Waals surface area (Å²) in [5, 5.41) is 29.9. The van der Waals surface area contributed by atoms with E-state index < -0.39 is 23.4 Å². The van der Waals surface area contributed by atoms with Gasteiger partial charge in [0.25, 0.3) is 0 Å². The van der Waals surface area contributed by atoms with Crippen molar-refractivity contribution in [1.82, 2.24) is 0 Å². The summed E-state index contributed by atoms with van der Waals surface area (Å²) < 4.78 is 21.7. The lowest BCUT2D eigenvalue weighted by atomic mass is 9.55. The molecule has 51 heavy (non-hydrogen) atoms. The lowest BCUT2D eigenvalue weighted by Gasteiger charge is -2.50. The summed E-state index contributed by atoms with van der Waals surface area (Å²) in [6.07, 6.45) is 7.38. The van der Waals surface area contributed by atoms with Crippen LogP contribution in [0.2, 0.25) is 10.0 Å². The van der Waals surface area contributed by atoms with Crippen molar-refractivity contribution in [3.05, 3.63) is 67.2 Å². The Balaban J connectivity index is 0.000000177. The molecule has 3 aliphatic carbocycles. The number of aryl methyl sites for hydroxylation is 1. The maximum Gasteiger partial charge on any atom is 0.347 e. The van der Waals surface area contributed by atoms with E-state index >= 15 is 0 Å². The summed E-state index contributed by atoms with van der Waals surface area (Å²) in [5.41, 5.74) is 3.22. The Morgan fingerprint density at radius 3 is 2.31 bits per heavy atom. The van der Waals surface area contributed by atoms with Crippen LogP contribution in [0.15, 0.2) is 18.2 Å². The van der Waals surface area contributed by atoms with Crippen molar-refractivity contribution < 1.29 is 48.7 Å². The van der Waals surface area contributed by atoms with Crippen LogP contribution >= 0.6 is 23.2 Å². The predicted octanol–water partition coefficient (Wildman–Crippen LogP) is 9.01. The molecule has 0 radical (unpaired) electrons. The largest absolute Gasteiger partial charge is 0.508 e. The number of hydrogen-bond donors (Lipinski definition) is 3. The van der Waals surface area contributed by atoms with Crippen LogP contribution in [0.1, 0.15) is 107 Å². The molecule has 3 aromatic rings. The number of fused-ring (bicyclic) bond motifs is 7. The highest BCUT2D eigenvalue weighted by Gasteiger charge is 2.56. The molecule has 12 heteroatoms. The molecule has 3 aromatic carbocycles. The molecule has 3 N–H and O–H groups in total. The number of halogens is 2. The Kier molecular flexibility index (Phi) is 9.89. The van der Waals surface area contributed by atoms with Gasteiger partial charge in [-0.2, -0.15) is 0 Å². The molecule has 5 unspecified atom stereocenters. The minimum Gasteiger partial charge on any atom is -0.508 e. The molecule has 0 saturated heterocycles. The summed E-state index contributed by atoms with van der Waals surface area (Å²) in [6.45, 7) is 8.67. The third-order valence-corrected chi connectivity index (χ3v) is 12.4. The van der Waals surface area contributed by atoms with E-state index in [4.69, 9.17) is 42.1 Å². The predicted molar refractivity (Wildman–Crippen MR) is 190 cm³/mol. The zero-order valence-electron chi connectivity index (χ0n) is 29.4. The Labute approximate surface area is 306 Å². The van der Waals surface area contributed by atoms with Gasteiger partial charge in [0.1, 0.15) is 33.8 Å². The van der Waals surface area contributed by atoms with Crippen molar-refractivity contribution in [2.24, 2.45) is 17.3 Å². The number of benzene rings is 3. The summed E-state index contributed by atoms with van der Waals surface area (Å²) in [7, 11) is 1.17. The topological polar surface area (TPSA) is 149 Å². The van der Waals surface area contributed by atoms with Crippen LogP contribution in [0.25, 0.3) is 0 Å². The van der Waals surface area contributed by atoms with E-state index in [9.17, 15) is 29.7 Å². The van der Waals surface area contributed by atoms with Crippen molar-refractivity contribution in [3.8, 4) is 34.5 Å². The number of ether oxygens (including phenoxy) is 4. The zero-order chi connectivity index (χ0) is 37.1. The molecule has 7 rings (SSSR count). The van der Waals surface area contributed by atoms with Crippen LogP contribution < -0.4 is 9.47 Å². The van der Waals surface area contributed by atoms with Crippen molar-refractivity contribution in [2.45, 2.75) is 91.6 Å². The zero-order valence-corrected chi connectivity index (χ0v) is 31.0. The Morgan fingerprint density at radius 2 is 1.63 bits per heavy atom. The number of phenolic OH excluding ortho intramolecular Hbond substituents is 3. The van der Waals surface area contributed by atoms with Gasteiger partial charge in [0.15, 0.2) is 23.0 Å². The number of aromatic hydroxyl groups is 3. The van der Waals surface area contributed by atoms with E-state index in [0.717, 1.165) is 19.3 Å². The molecule has 2 fully saturated rings. The fourth-order valence-electron chi connectivity index (χ4n) is 8.84.